The largest absolute Gasteiger partial charge is 0.412 e. The zero-order valence-electron chi connectivity index (χ0n) is 24.4. The van der Waals surface area contributed by atoms with E-state index in [1.165, 1.54) is 33.4 Å². The Morgan fingerprint density at radius 2 is 0.419 bits per heavy atom. The summed E-state index contributed by atoms with van der Waals surface area (Å²) in [6.07, 6.45) is 0. The summed E-state index contributed by atoms with van der Waals surface area (Å²) in [4.78, 5) is 0. The molecule has 6 N–H and O–H groups in total. The zero-order valence-corrected chi connectivity index (χ0v) is 24.4. The summed E-state index contributed by atoms with van der Waals surface area (Å²) in [5, 5.41) is 0. The molecule has 0 radical (unpaired) electrons. The molecule has 0 saturated carbocycles. The smallest absolute Gasteiger partial charge is 0.0573 e. The number of nitrogens with two attached hydrogens (primary N) is 2. The molecule has 3 nitrogen and oxygen atoms in total. The van der Waals surface area contributed by atoms with Gasteiger partial charge in [-0.2, -0.15) is 0 Å². The molecule has 0 aromatic heterocycles. The highest BCUT2D eigenvalue weighted by molar-refractivity contribution is 5.52. The summed E-state index contributed by atoms with van der Waals surface area (Å²) in [5.74, 6) is 0. The Bertz CT molecular complexity index is 1290. The first-order valence-electron chi connectivity index (χ1n) is 14.5. The number of hydrogen-bond donors (Lipinski definition) is 2. The van der Waals surface area contributed by atoms with Gasteiger partial charge in [0.2, 0.25) is 0 Å². The van der Waals surface area contributed by atoms with Crippen LogP contribution in [0, 0.1) is 0 Å². The number of benzene rings is 6. The van der Waals surface area contributed by atoms with Gasteiger partial charge in [-0.15, -0.1) is 0 Å². The van der Waals surface area contributed by atoms with Crippen LogP contribution in [0.1, 0.15) is 33.4 Å². The maximum Gasteiger partial charge on any atom is 0.0573 e. The van der Waals surface area contributed by atoms with E-state index >= 15 is 0 Å². The highest BCUT2D eigenvalue weighted by Crippen LogP contribution is 2.39. The quantitative estimate of drug-likeness (QED) is 0.193. The van der Waals surface area contributed by atoms with E-state index < -0.39 is 0 Å². The maximum absolute atomic E-state index is 6.30. The van der Waals surface area contributed by atoms with Crippen LogP contribution in [0.3, 0.4) is 0 Å². The highest BCUT2D eigenvalue weighted by Gasteiger charge is 2.35. The van der Waals surface area contributed by atoms with Crippen LogP contribution in [-0.2, 0) is 10.8 Å². The average Bonchev–Trinajstić information content (AvgIpc) is 3.09. The van der Waals surface area contributed by atoms with Gasteiger partial charge in [-0.25, -0.2) is 0 Å². The van der Waals surface area contributed by atoms with Crippen molar-refractivity contribution < 1.29 is 5.48 Å². The monoisotopic (exact) mass is 564 g/mol. The van der Waals surface area contributed by atoms with Crippen LogP contribution in [0.2, 0.25) is 0 Å². The van der Waals surface area contributed by atoms with E-state index in [-0.39, 0.29) is 16.3 Å². The molecule has 0 bridgehead atoms. The third kappa shape index (κ3) is 6.35. The van der Waals surface area contributed by atoms with Crippen molar-refractivity contribution in [2.45, 2.75) is 10.8 Å². The Balaban J connectivity index is 0.000000192. The van der Waals surface area contributed by atoms with Crippen molar-refractivity contribution in [2.75, 3.05) is 13.1 Å². The maximum atomic E-state index is 6.30. The van der Waals surface area contributed by atoms with Gasteiger partial charge in [0, 0.05) is 13.1 Å². The fourth-order valence-corrected chi connectivity index (χ4v) is 6.04. The van der Waals surface area contributed by atoms with Gasteiger partial charge in [0.15, 0.2) is 0 Å². The van der Waals surface area contributed by atoms with E-state index in [0.717, 1.165) is 0 Å². The van der Waals surface area contributed by atoms with Crippen molar-refractivity contribution in [3.8, 4) is 0 Å². The topological polar surface area (TPSA) is 83.5 Å². The summed E-state index contributed by atoms with van der Waals surface area (Å²) in [6.45, 7) is 1.07. The van der Waals surface area contributed by atoms with Gasteiger partial charge in [-0.05, 0) is 33.4 Å². The molecule has 0 spiro atoms. The predicted molar refractivity (Wildman–Crippen MR) is 180 cm³/mol. The minimum absolute atomic E-state index is 0. The van der Waals surface area contributed by atoms with Crippen LogP contribution < -0.4 is 11.5 Å². The van der Waals surface area contributed by atoms with Crippen molar-refractivity contribution in [1.82, 2.24) is 0 Å². The van der Waals surface area contributed by atoms with E-state index in [0.29, 0.717) is 13.1 Å². The molecule has 3 heteroatoms. The molecular weight excluding hydrogens is 524 g/mol. The molecule has 0 aliphatic heterocycles. The molecule has 0 fully saturated rings. The second-order valence-electron chi connectivity index (χ2n) is 10.4. The first kappa shape index (κ1) is 31.1. The van der Waals surface area contributed by atoms with Gasteiger partial charge in [-0.1, -0.05) is 182 Å². The molecular formula is C40H40N2O. The minimum Gasteiger partial charge on any atom is -0.412 e. The van der Waals surface area contributed by atoms with Gasteiger partial charge in [-0.3, -0.25) is 0 Å². The van der Waals surface area contributed by atoms with Crippen molar-refractivity contribution in [3.63, 3.8) is 0 Å². The highest BCUT2D eigenvalue weighted by atomic mass is 16.0. The first-order chi connectivity index (χ1) is 20.8. The van der Waals surface area contributed by atoms with Crippen molar-refractivity contribution in [3.05, 3.63) is 215 Å². The first-order valence-corrected chi connectivity index (χ1v) is 14.5. The zero-order chi connectivity index (χ0) is 29.1. The molecule has 0 amide bonds. The molecule has 216 valence electrons. The normalized spacial score (nSPS) is 11.0. The minimum atomic E-state index is -0.302. The summed E-state index contributed by atoms with van der Waals surface area (Å²) in [5.41, 5.74) is 19.4. The fraction of sp³-hybridized carbons (Fsp3) is 0.100. The van der Waals surface area contributed by atoms with Crippen LogP contribution >= 0.6 is 0 Å². The summed E-state index contributed by atoms with van der Waals surface area (Å²) in [7, 11) is 0. The molecule has 43 heavy (non-hydrogen) atoms. The lowest BCUT2D eigenvalue weighted by atomic mass is 9.69. The van der Waals surface area contributed by atoms with Gasteiger partial charge in [0.05, 0.1) is 10.8 Å². The van der Waals surface area contributed by atoms with Crippen LogP contribution in [-0.4, -0.2) is 18.6 Å². The van der Waals surface area contributed by atoms with E-state index in [9.17, 15) is 0 Å². The predicted octanol–water partition coefficient (Wildman–Crippen LogP) is 7.13. The summed E-state index contributed by atoms with van der Waals surface area (Å²) < 4.78 is 0. The summed E-state index contributed by atoms with van der Waals surface area (Å²) >= 11 is 0. The van der Waals surface area contributed by atoms with Gasteiger partial charge in [0.25, 0.3) is 0 Å². The van der Waals surface area contributed by atoms with Gasteiger partial charge in [0.1, 0.15) is 0 Å². The Morgan fingerprint density at radius 1 is 0.279 bits per heavy atom. The van der Waals surface area contributed by atoms with Crippen LogP contribution in [0.15, 0.2) is 182 Å². The van der Waals surface area contributed by atoms with Crippen molar-refractivity contribution >= 4 is 0 Å². The Hall–Kier alpha value is -4.80. The average molecular weight is 565 g/mol. The third-order valence-corrected chi connectivity index (χ3v) is 8.21. The lowest BCUT2D eigenvalue weighted by Crippen LogP contribution is -2.37. The molecule has 0 atom stereocenters. The summed E-state index contributed by atoms with van der Waals surface area (Å²) in [6, 6.07) is 63.1. The van der Waals surface area contributed by atoms with Crippen molar-refractivity contribution in [2.24, 2.45) is 11.5 Å². The number of rotatable bonds is 8. The van der Waals surface area contributed by atoms with Crippen molar-refractivity contribution in [1.29, 1.82) is 0 Å². The molecule has 0 aliphatic carbocycles. The second kappa shape index (κ2) is 14.9. The van der Waals surface area contributed by atoms with Gasteiger partial charge >= 0.3 is 0 Å². The molecule has 6 aromatic carbocycles. The van der Waals surface area contributed by atoms with Crippen LogP contribution in [0.4, 0.5) is 0 Å². The Kier molecular flexibility index (Phi) is 10.8. The molecule has 0 unspecified atom stereocenters. The third-order valence-electron chi connectivity index (χ3n) is 8.21. The Morgan fingerprint density at radius 3 is 0.535 bits per heavy atom. The van der Waals surface area contributed by atoms with E-state index in [4.69, 9.17) is 11.5 Å². The molecule has 0 aliphatic rings. The van der Waals surface area contributed by atoms with E-state index in [2.05, 4.69) is 146 Å². The van der Waals surface area contributed by atoms with E-state index in [1.807, 2.05) is 36.4 Å². The lowest BCUT2D eigenvalue weighted by molar-refractivity contribution is 0.629. The van der Waals surface area contributed by atoms with Crippen LogP contribution in [0.25, 0.3) is 0 Å². The van der Waals surface area contributed by atoms with Gasteiger partial charge < -0.3 is 16.9 Å². The fourth-order valence-electron chi connectivity index (χ4n) is 6.04. The SMILES string of the molecule is NCC(c1ccccc1)(c1ccccc1)c1ccccc1.NCC(c1ccccc1)(c1ccccc1)c1ccccc1.O. The number of hydrogen-bond acceptors (Lipinski definition) is 2. The second-order valence-corrected chi connectivity index (χ2v) is 10.4. The van der Waals surface area contributed by atoms with E-state index in [1.54, 1.807) is 0 Å². The molecule has 0 saturated heterocycles. The molecule has 0 heterocycles. The molecule has 6 rings (SSSR count). The van der Waals surface area contributed by atoms with Crippen LogP contribution in [0.5, 0.6) is 0 Å². The molecule has 6 aromatic rings. The standard InChI is InChI=1S/2C20H19N.H2O/c2*21-16-20(17-10-4-1-5-11-17,18-12-6-2-7-13-18)19-14-8-3-9-15-19;/h2*1-15H,16,21H2;1H2. The Labute approximate surface area is 255 Å². The lowest BCUT2D eigenvalue weighted by Gasteiger charge is -2.34.